The average Bonchev–Trinajstić information content (AvgIpc) is 2.78. The van der Waals surface area contributed by atoms with Gasteiger partial charge in [-0.15, -0.1) is 0 Å². The van der Waals surface area contributed by atoms with E-state index in [1.807, 2.05) is 17.0 Å². The molecule has 0 aliphatic carbocycles. The highest BCUT2D eigenvalue weighted by Crippen LogP contribution is 2.22. The Morgan fingerprint density at radius 2 is 1.77 bits per heavy atom. The van der Waals surface area contributed by atoms with Crippen LogP contribution in [-0.4, -0.2) is 90.9 Å². The molecule has 0 saturated carbocycles. The van der Waals surface area contributed by atoms with Crippen LogP contribution in [-0.2, 0) is 0 Å². The van der Waals surface area contributed by atoms with E-state index < -0.39 is 24.4 Å². The third-order valence-corrected chi connectivity index (χ3v) is 5.88. The van der Waals surface area contributed by atoms with Crippen LogP contribution in [0.2, 0.25) is 0 Å². The number of nitrogens with zero attached hydrogens (tertiary/aromatic N) is 4. The molecule has 3 rings (SSSR count). The van der Waals surface area contributed by atoms with Crippen molar-refractivity contribution in [1.29, 1.82) is 0 Å². The Bertz CT molecular complexity index is 810. The normalized spacial score (nSPS) is 24.3. The smallest absolute Gasteiger partial charge is 0.162 e. The molecule has 0 radical (unpaired) electrons. The highest BCUT2D eigenvalue weighted by atomic mass is 16.4. The van der Waals surface area contributed by atoms with Crippen LogP contribution in [0, 0.1) is 6.92 Å². The quantitative estimate of drug-likeness (QED) is 0.342. The number of nitrogens with one attached hydrogen (secondary N) is 1. The van der Waals surface area contributed by atoms with Crippen LogP contribution < -0.4 is 5.32 Å². The Balaban J connectivity index is 1.35. The fourth-order valence-electron chi connectivity index (χ4n) is 4.04. The monoisotopic (exact) mass is 431 g/mol. The lowest BCUT2D eigenvalue weighted by molar-refractivity contribution is -0.145. The van der Waals surface area contributed by atoms with Gasteiger partial charge in [0, 0.05) is 24.3 Å². The molecule has 0 amide bonds. The van der Waals surface area contributed by atoms with E-state index in [1.54, 1.807) is 0 Å². The number of piperidine rings is 1. The van der Waals surface area contributed by atoms with E-state index in [0.717, 1.165) is 49.0 Å². The van der Waals surface area contributed by atoms with Gasteiger partial charge in [0.15, 0.2) is 5.82 Å². The van der Waals surface area contributed by atoms with Gasteiger partial charge in [-0.3, -0.25) is 4.90 Å². The van der Waals surface area contributed by atoms with E-state index >= 15 is 0 Å². The first-order chi connectivity index (χ1) is 15.0. The second-order valence-electron chi connectivity index (χ2n) is 8.13. The molecule has 0 unspecified atom stereocenters. The molecule has 1 aliphatic rings. The summed E-state index contributed by atoms with van der Waals surface area (Å²) < 4.78 is 0. The zero-order valence-electron chi connectivity index (χ0n) is 17.9. The molecule has 0 bridgehead atoms. The SMILES string of the molecule is Cc1cc(-c2ncncn2)ccc1NCCCCCCN1C[C@H](O)[C@@H](O)[C@H](O)[C@H]1CO. The summed E-state index contributed by atoms with van der Waals surface area (Å²) in [5.41, 5.74) is 3.20. The molecule has 4 atom stereocenters. The minimum absolute atomic E-state index is 0.236. The third kappa shape index (κ3) is 6.18. The average molecular weight is 432 g/mol. The van der Waals surface area contributed by atoms with E-state index in [2.05, 4.69) is 33.3 Å². The van der Waals surface area contributed by atoms with Crippen molar-refractivity contribution in [3.8, 4) is 11.4 Å². The van der Waals surface area contributed by atoms with Crippen LogP contribution in [0.25, 0.3) is 11.4 Å². The molecule has 9 nitrogen and oxygen atoms in total. The number of aryl methyl sites for hydroxylation is 1. The summed E-state index contributed by atoms with van der Waals surface area (Å²) in [4.78, 5) is 14.1. The molecule has 1 aromatic carbocycles. The van der Waals surface area contributed by atoms with Gasteiger partial charge >= 0.3 is 0 Å². The lowest BCUT2D eigenvalue weighted by atomic mass is 9.94. The Labute approximate surface area is 182 Å². The van der Waals surface area contributed by atoms with Crippen molar-refractivity contribution in [2.45, 2.75) is 57.0 Å². The summed E-state index contributed by atoms with van der Waals surface area (Å²) in [5.74, 6) is 0.663. The molecule has 5 N–H and O–H groups in total. The summed E-state index contributed by atoms with van der Waals surface area (Å²) in [5, 5.41) is 42.6. The number of hydrogen-bond donors (Lipinski definition) is 5. The second kappa shape index (κ2) is 11.4. The van der Waals surface area contributed by atoms with E-state index in [9.17, 15) is 20.4 Å². The highest BCUT2D eigenvalue weighted by molar-refractivity contribution is 5.63. The van der Waals surface area contributed by atoms with Gasteiger partial charge in [-0.05, 0) is 50.1 Å². The van der Waals surface area contributed by atoms with E-state index in [0.29, 0.717) is 12.4 Å². The largest absolute Gasteiger partial charge is 0.395 e. The number of likely N-dealkylation sites (tertiary alicyclic amines) is 1. The number of aliphatic hydroxyl groups excluding tert-OH is 4. The first-order valence-electron chi connectivity index (χ1n) is 10.9. The number of benzene rings is 1. The Kier molecular flexibility index (Phi) is 8.68. The molecule has 9 heteroatoms. The van der Waals surface area contributed by atoms with Crippen LogP contribution >= 0.6 is 0 Å². The Morgan fingerprint density at radius 3 is 2.48 bits per heavy atom. The molecule has 2 aromatic rings. The van der Waals surface area contributed by atoms with Crippen molar-refractivity contribution in [2.75, 3.05) is 31.6 Å². The minimum atomic E-state index is -1.20. The molecule has 0 spiro atoms. The summed E-state index contributed by atoms with van der Waals surface area (Å²) >= 11 is 0. The molecule has 170 valence electrons. The van der Waals surface area contributed by atoms with Crippen LogP contribution in [0.15, 0.2) is 30.9 Å². The van der Waals surface area contributed by atoms with E-state index in [4.69, 9.17) is 0 Å². The lowest BCUT2D eigenvalue weighted by Crippen LogP contribution is -2.62. The standard InChI is InChI=1S/C22H33N5O4/c1-15-10-16(22-25-13-23-14-26-22)6-7-17(15)24-8-4-2-3-5-9-27-11-19(29)21(31)20(30)18(27)12-28/h6-7,10,13-14,18-21,24,28-31H,2-5,8-9,11-12H2,1H3/t18-,19+,20-,21-/m1/s1. The minimum Gasteiger partial charge on any atom is -0.395 e. The van der Waals surface area contributed by atoms with Gasteiger partial charge in [-0.2, -0.15) is 0 Å². The predicted octanol–water partition coefficient (Wildman–Crippen LogP) is 0.579. The van der Waals surface area contributed by atoms with Gasteiger partial charge < -0.3 is 25.7 Å². The van der Waals surface area contributed by atoms with Crippen LogP contribution in [0.3, 0.4) is 0 Å². The number of β-amino-alcohol motifs (C(OH)–C–C–N with tert-alkyl or cyclic N) is 1. The van der Waals surface area contributed by atoms with Gasteiger partial charge in [0.1, 0.15) is 24.9 Å². The van der Waals surface area contributed by atoms with Crippen LogP contribution in [0.1, 0.15) is 31.2 Å². The molecule has 1 aromatic heterocycles. The first-order valence-corrected chi connectivity index (χ1v) is 10.9. The lowest BCUT2D eigenvalue weighted by Gasteiger charge is -2.43. The second-order valence-corrected chi connectivity index (χ2v) is 8.13. The zero-order chi connectivity index (χ0) is 22.2. The van der Waals surface area contributed by atoms with Crippen molar-refractivity contribution in [1.82, 2.24) is 19.9 Å². The molecule has 1 saturated heterocycles. The number of rotatable bonds is 10. The third-order valence-electron chi connectivity index (χ3n) is 5.88. The predicted molar refractivity (Wildman–Crippen MR) is 117 cm³/mol. The number of aromatic nitrogens is 3. The summed E-state index contributed by atoms with van der Waals surface area (Å²) in [6.07, 6.45) is 3.68. The van der Waals surface area contributed by atoms with Crippen molar-refractivity contribution in [3.63, 3.8) is 0 Å². The summed E-state index contributed by atoms with van der Waals surface area (Å²) in [6, 6.07) is 5.59. The summed E-state index contributed by atoms with van der Waals surface area (Å²) in [7, 11) is 0. The number of hydrogen-bond acceptors (Lipinski definition) is 9. The van der Waals surface area contributed by atoms with Crippen LogP contribution in [0.5, 0.6) is 0 Å². The maximum Gasteiger partial charge on any atom is 0.162 e. The van der Waals surface area contributed by atoms with Gasteiger partial charge in [-0.1, -0.05) is 12.8 Å². The van der Waals surface area contributed by atoms with E-state index in [-0.39, 0.29) is 13.2 Å². The molecule has 1 aliphatic heterocycles. The highest BCUT2D eigenvalue weighted by Gasteiger charge is 2.40. The topological polar surface area (TPSA) is 135 Å². The fourth-order valence-corrected chi connectivity index (χ4v) is 4.04. The molecule has 1 fully saturated rings. The van der Waals surface area contributed by atoms with Crippen molar-refractivity contribution >= 4 is 5.69 Å². The Hall–Kier alpha value is -2.17. The van der Waals surface area contributed by atoms with E-state index in [1.165, 1.54) is 12.7 Å². The zero-order valence-corrected chi connectivity index (χ0v) is 17.9. The first kappa shape index (κ1) is 23.5. The number of anilines is 1. The Morgan fingerprint density at radius 1 is 1.03 bits per heavy atom. The van der Waals surface area contributed by atoms with Gasteiger partial charge in [0.05, 0.1) is 18.8 Å². The van der Waals surface area contributed by atoms with Crippen molar-refractivity contribution in [3.05, 3.63) is 36.4 Å². The van der Waals surface area contributed by atoms with Crippen molar-refractivity contribution < 1.29 is 20.4 Å². The molecule has 31 heavy (non-hydrogen) atoms. The maximum absolute atomic E-state index is 10.0. The number of unbranched alkanes of at least 4 members (excludes halogenated alkanes) is 3. The van der Waals surface area contributed by atoms with Gasteiger partial charge in [0.2, 0.25) is 0 Å². The molecule has 2 heterocycles. The van der Waals surface area contributed by atoms with Gasteiger partial charge in [-0.25, -0.2) is 15.0 Å². The summed E-state index contributed by atoms with van der Waals surface area (Å²) in [6.45, 7) is 3.64. The fraction of sp³-hybridized carbons (Fsp3) is 0.591. The molecular formula is C22H33N5O4. The van der Waals surface area contributed by atoms with Crippen LogP contribution in [0.4, 0.5) is 5.69 Å². The van der Waals surface area contributed by atoms with Crippen molar-refractivity contribution in [2.24, 2.45) is 0 Å². The maximum atomic E-state index is 10.0. The number of aliphatic hydroxyl groups is 4. The molecular weight excluding hydrogens is 398 g/mol. The van der Waals surface area contributed by atoms with Gasteiger partial charge in [0.25, 0.3) is 0 Å².